The average Bonchev–Trinajstić information content (AvgIpc) is 3.00. The lowest BCUT2D eigenvalue weighted by molar-refractivity contribution is -0.148. The third-order valence-corrected chi connectivity index (χ3v) is 4.30. The molecule has 0 aliphatic heterocycles. The summed E-state index contributed by atoms with van der Waals surface area (Å²) in [6.07, 6.45) is 0.0226. The van der Waals surface area contributed by atoms with Crippen LogP contribution < -0.4 is 4.74 Å². The number of carbonyl (C=O) groups is 2. The van der Waals surface area contributed by atoms with E-state index in [1.165, 1.54) is 11.3 Å². The van der Waals surface area contributed by atoms with Gasteiger partial charge in [0.05, 0.1) is 19.1 Å². The highest BCUT2D eigenvalue weighted by Gasteiger charge is 2.24. The second-order valence-corrected chi connectivity index (χ2v) is 6.32. The van der Waals surface area contributed by atoms with Gasteiger partial charge in [0.1, 0.15) is 10.8 Å². The van der Waals surface area contributed by atoms with Gasteiger partial charge in [-0.3, -0.25) is 9.59 Å². The second kappa shape index (κ2) is 8.94. The predicted molar refractivity (Wildman–Crippen MR) is 92.5 cm³/mol. The lowest BCUT2D eigenvalue weighted by Crippen LogP contribution is -2.20. The van der Waals surface area contributed by atoms with E-state index in [4.69, 9.17) is 14.7 Å². The lowest BCUT2D eigenvalue weighted by atomic mass is 10.1. The summed E-state index contributed by atoms with van der Waals surface area (Å²) in [5.74, 6) is -1.36. The van der Waals surface area contributed by atoms with Crippen molar-refractivity contribution in [3.05, 3.63) is 45.9 Å². The summed E-state index contributed by atoms with van der Waals surface area (Å²) in [7, 11) is 0. The molecular weight excluding hydrogens is 340 g/mol. The number of aryl methyl sites for hydroxylation is 2. The van der Waals surface area contributed by atoms with Crippen LogP contribution >= 0.6 is 11.3 Å². The number of nitrogens with zero attached hydrogens (tertiary/aromatic N) is 2. The Morgan fingerprint density at radius 1 is 1.36 bits per heavy atom. The number of benzene rings is 1. The Balaban J connectivity index is 1.75. The van der Waals surface area contributed by atoms with Gasteiger partial charge >= 0.3 is 5.97 Å². The topological polar surface area (TPSA) is 89.3 Å². The number of carbonyl (C=O) groups excluding carboxylic acids is 2. The van der Waals surface area contributed by atoms with Crippen molar-refractivity contribution in [2.75, 3.05) is 13.2 Å². The molecule has 25 heavy (non-hydrogen) atoms. The molecule has 2 rings (SSSR count). The first kappa shape index (κ1) is 18.6. The minimum atomic E-state index is -1.00. The molecule has 0 aliphatic rings. The number of nitriles is 1. The first-order valence-electron chi connectivity index (χ1n) is 7.69. The van der Waals surface area contributed by atoms with Gasteiger partial charge in [-0.1, -0.05) is 12.1 Å². The second-order valence-electron chi connectivity index (χ2n) is 5.43. The van der Waals surface area contributed by atoms with Gasteiger partial charge < -0.3 is 9.47 Å². The first-order valence-corrected chi connectivity index (χ1v) is 8.57. The number of thiazole rings is 1. The molecular formula is C18H18N2O4S. The van der Waals surface area contributed by atoms with Gasteiger partial charge in [-0.15, -0.1) is 11.3 Å². The summed E-state index contributed by atoms with van der Waals surface area (Å²) in [5.41, 5.74) is 1.81. The number of ketones is 1. The smallest absolute Gasteiger partial charge is 0.309 e. The Kier molecular flexibility index (Phi) is 6.66. The minimum Gasteiger partial charge on any atom is -0.493 e. The fourth-order valence-electron chi connectivity index (χ4n) is 2.03. The molecule has 0 aliphatic carbocycles. The summed E-state index contributed by atoms with van der Waals surface area (Å²) in [5, 5.41) is 11.3. The standard InChI is InChI=1S/C18H18N2O4S/c1-12-4-3-5-14(8-12)23-7-6-17(22)24-10-16(21)15(9-19)18-20-13(2)11-25-18/h3-5,8,11,15H,6-7,10H2,1-2H3/t15-/m0/s1. The van der Waals surface area contributed by atoms with Gasteiger partial charge in [0.25, 0.3) is 0 Å². The number of hydrogen-bond acceptors (Lipinski definition) is 7. The van der Waals surface area contributed by atoms with Gasteiger partial charge in [0.2, 0.25) is 0 Å². The molecule has 0 fully saturated rings. The van der Waals surface area contributed by atoms with Gasteiger partial charge in [-0.25, -0.2) is 4.98 Å². The van der Waals surface area contributed by atoms with E-state index in [-0.39, 0.29) is 13.0 Å². The number of hydrogen-bond donors (Lipinski definition) is 0. The van der Waals surface area contributed by atoms with Crippen molar-refractivity contribution >= 4 is 23.1 Å². The van der Waals surface area contributed by atoms with Crippen molar-refractivity contribution in [1.82, 2.24) is 4.98 Å². The fourth-order valence-corrected chi connectivity index (χ4v) is 2.90. The lowest BCUT2D eigenvalue weighted by Gasteiger charge is -2.08. The summed E-state index contributed by atoms with van der Waals surface area (Å²) in [6, 6.07) is 9.38. The van der Waals surface area contributed by atoms with Crippen molar-refractivity contribution in [2.24, 2.45) is 0 Å². The molecule has 7 heteroatoms. The molecule has 0 bridgehead atoms. The molecule has 0 amide bonds. The highest BCUT2D eigenvalue weighted by molar-refractivity contribution is 7.09. The van der Waals surface area contributed by atoms with Crippen LogP contribution in [0.4, 0.5) is 0 Å². The summed E-state index contributed by atoms with van der Waals surface area (Å²) in [6.45, 7) is 3.44. The monoisotopic (exact) mass is 358 g/mol. The van der Waals surface area contributed by atoms with E-state index in [9.17, 15) is 9.59 Å². The Morgan fingerprint density at radius 3 is 2.80 bits per heavy atom. The van der Waals surface area contributed by atoms with Crippen LogP contribution in [-0.4, -0.2) is 30.0 Å². The Hall–Kier alpha value is -2.72. The van der Waals surface area contributed by atoms with Crippen LogP contribution in [0.5, 0.6) is 5.75 Å². The molecule has 6 nitrogen and oxygen atoms in total. The summed E-state index contributed by atoms with van der Waals surface area (Å²) < 4.78 is 10.4. The van der Waals surface area contributed by atoms with Crippen LogP contribution in [0.1, 0.15) is 28.6 Å². The van der Waals surface area contributed by atoms with Crippen LogP contribution in [0, 0.1) is 25.2 Å². The number of rotatable bonds is 8. The van der Waals surface area contributed by atoms with Crippen LogP contribution in [0.3, 0.4) is 0 Å². The summed E-state index contributed by atoms with van der Waals surface area (Å²) in [4.78, 5) is 27.9. The van der Waals surface area contributed by atoms with E-state index in [2.05, 4.69) is 4.98 Å². The third-order valence-electron chi connectivity index (χ3n) is 3.27. The highest BCUT2D eigenvalue weighted by Crippen LogP contribution is 2.20. The van der Waals surface area contributed by atoms with Crippen molar-refractivity contribution in [2.45, 2.75) is 26.2 Å². The Labute approximate surface area is 150 Å². The number of esters is 1. The van der Waals surface area contributed by atoms with Crippen LogP contribution in [-0.2, 0) is 14.3 Å². The zero-order valence-corrected chi connectivity index (χ0v) is 14.8. The molecule has 0 saturated heterocycles. The molecule has 2 aromatic rings. The Morgan fingerprint density at radius 2 is 2.16 bits per heavy atom. The van der Waals surface area contributed by atoms with E-state index >= 15 is 0 Å². The average molecular weight is 358 g/mol. The molecule has 0 unspecified atom stereocenters. The van der Waals surface area contributed by atoms with Crippen LogP contribution in [0.25, 0.3) is 0 Å². The quantitative estimate of drug-likeness (QED) is 0.674. The zero-order valence-electron chi connectivity index (χ0n) is 14.0. The van der Waals surface area contributed by atoms with Crippen LogP contribution in [0.15, 0.2) is 29.6 Å². The largest absolute Gasteiger partial charge is 0.493 e. The number of aromatic nitrogens is 1. The van der Waals surface area contributed by atoms with E-state index in [0.29, 0.717) is 10.8 Å². The number of ether oxygens (including phenoxy) is 2. The fraction of sp³-hybridized carbons (Fsp3) is 0.333. The van der Waals surface area contributed by atoms with Gasteiger partial charge in [0.15, 0.2) is 18.3 Å². The molecule has 130 valence electrons. The van der Waals surface area contributed by atoms with E-state index in [0.717, 1.165) is 11.3 Å². The minimum absolute atomic E-state index is 0.0226. The highest BCUT2D eigenvalue weighted by atomic mass is 32.1. The number of Topliss-reactive ketones (excluding diaryl/α,β-unsaturated/α-hetero) is 1. The van der Waals surface area contributed by atoms with Crippen molar-refractivity contribution in [3.63, 3.8) is 0 Å². The van der Waals surface area contributed by atoms with Crippen molar-refractivity contribution in [3.8, 4) is 11.8 Å². The molecule has 0 N–H and O–H groups in total. The molecule has 0 saturated carbocycles. The van der Waals surface area contributed by atoms with Gasteiger partial charge in [-0.05, 0) is 31.5 Å². The molecule has 0 spiro atoms. The maximum atomic E-state index is 12.1. The maximum Gasteiger partial charge on any atom is 0.309 e. The predicted octanol–water partition coefficient (Wildman–Crippen LogP) is 2.95. The molecule has 1 heterocycles. The normalized spacial score (nSPS) is 11.4. The molecule has 1 aromatic carbocycles. The van der Waals surface area contributed by atoms with E-state index in [1.54, 1.807) is 18.4 Å². The molecule has 0 radical (unpaired) electrons. The third kappa shape index (κ3) is 5.69. The summed E-state index contributed by atoms with van der Waals surface area (Å²) >= 11 is 1.24. The Bertz CT molecular complexity index is 794. The van der Waals surface area contributed by atoms with E-state index in [1.807, 2.05) is 31.2 Å². The van der Waals surface area contributed by atoms with E-state index < -0.39 is 24.3 Å². The van der Waals surface area contributed by atoms with Crippen molar-refractivity contribution in [1.29, 1.82) is 5.26 Å². The SMILES string of the molecule is Cc1cccc(OCCC(=O)OCC(=O)[C@H](C#N)c2nc(C)cs2)c1. The maximum absolute atomic E-state index is 12.1. The molecule has 1 atom stereocenters. The first-order chi connectivity index (χ1) is 12.0. The van der Waals surface area contributed by atoms with Gasteiger partial charge in [-0.2, -0.15) is 5.26 Å². The van der Waals surface area contributed by atoms with Crippen molar-refractivity contribution < 1.29 is 19.1 Å². The molecule has 1 aromatic heterocycles. The zero-order chi connectivity index (χ0) is 18.2. The van der Waals surface area contributed by atoms with Crippen LogP contribution in [0.2, 0.25) is 0 Å². The van der Waals surface area contributed by atoms with Gasteiger partial charge in [0, 0.05) is 11.1 Å².